The number of thiazole rings is 1. The largest absolute Gasteiger partial charge is 0.482 e. The number of benzene rings is 2. The second kappa shape index (κ2) is 6.96. The van der Waals surface area contributed by atoms with Crippen LogP contribution in [0.25, 0.3) is 21.8 Å². The molecule has 0 saturated heterocycles. The zero-order chi connectivity index (χ0) is 19.0. The van der Waals surface area contributed by atoms with E-state index in [4.69, 9.17) is 9.72 Å². The predicted octanol–water partition coefficient (Wildman–Crippen LogP) is 4.18. The summed E-state index contributed by atoms with van der Waals surface area (Å²) in [4.78, 5) is 30.5. The average Bonchev–Trinajstić information content (AvgIpc) is 3.18. The van der Waals surface area contributed by atoms with Crippen molar-refractivity contribution >= 4 is 28.7 Å². The van der Waals surface area contributed by atoms with E-state index in [2.05, 4.69) is 0 Å². The molecule has 1 atom stereocenters. The van der Waals surface area contributed by atoms with Gasteiger partial charge in [0.2, 0.25) is 0 Å². The fourth-order valence-corrected chi connectivity index (χ4v) is 3.89. The maximum atomic E-state index is 12.4. The Bertz CT molecular complexity index is 1010. The van der Waals surface area contributed by atoms with Crippen LogP contribution < -0.4 is 9.64 Å². The molecule has 0 aliphatic carbocycles. The first kappa shape index (κ1) is 17.4. The number of rotatable bonds is 4. The number of nitrogens with zero attached hydrogens (tertiary/aromatic N) is 2. The van der Waals surface area contributed by atoms with Crippen LogP contribution in [0.4, 0.5) is 5.69 Å². The first-order chi connectivity index (χ1) is 13.0. The van der Waals surface area contributed by atoms with Gasteiger partial charge in [0, 0.05) is 16.5 Å². The van der Waals surface area contributed by atoms with Gasteiger partial charge in [0.05, 0.1) is 17.4 Å². The third-order valence-corrected chi connectivity index (χ3v) is 5.53. The van der Waals surface area contributed by atoms with Gasteiger partial charge in [-0.3, -0.25) is 14.5 Å². The molecule has 4 rings (SSSR count). The summed E-state index contributed by atoms with van der Waals surface area (Å²) in [6.45, 7) is 3.17. The van der Waals surface area contributed by atoms with Crippen molar-refractivity contribution < 1.29 is 14.3 Å². The number of amides is 1. The van der Waals surface area contributed by atoms with E-state index in [1.807, 2.05) is 53.9 Å². The molecule has 2 aromatic carbocycles. The molecule has 0 radical (unpaired) electrons. The zero-order valence-electron chi connectivity index (χ0n) is 15.0. The summed E-state index contributed by atoms with van der Waals surface area (Å²) in [6, 6.07) is 15.1. The molecule has 2 heterocycles. The molecular weight excluding hydrogens is 360 g/mol. The van der Waals surface area contributed by atoms with Gasteiger partial charge in [0.1, 0.15) is 10.8 Å². The molecule has 0 bridgehead atoms. The summed E-state index contributed by atoms with van der Waals surface area (Å²) in [6.07, 6.45) is 0. The third-order valence-electron chi connectivity index (χ3n) is 4.63. The zero-order valence-corrected chi connectivity index (χ0v) is 15.8. The van der Waals surface area contributed by atoms with Crippen LogP contribution in [0.5, 0.6) is 5.75 Å². The lowest BCUT2D eigenvalue weighted by atomic mass is 10.1. The number of ketones is 1. The summed E-state index contributed by atoms with van der Waals surface area (Å²) in [5, 5.41) is 2.93. The minimum Gasteiger partial charge on any atom is -0.482 e. The summed E-state index contributed by atoms with van der Waals surface area (Å²) in [7, 11) is 0. The molecule has 5 nitrogen and oxygen atoms in total. The molecule has 136 valence electrons. The average molecular weight is 378 g/mol. The molecule has 0 fully saturated rings. The number of hydrogen-bond donors (Lipinski definition) is 0. The lowest BCUT2D eigenvalue weighted by Gasteiger charge is -2.33. The van der Waals surface area contributed by atoms with E-state index < -0.39 is 6.04 Å². The molecular formula is C21H18N2O3S. The number of anilines is 1. The molecule has 0 saturated carbocycles. The van der Waals surface area contributed by atoms with Gasteiger partial charge in [-0.2, -0.15) is 0 Å². The SMILES string of the molecule is CC(=O)C(C)N1C(=O)COc2ccc(-c3csc(-c4ccccc4)n3)cc21. The Kier molecular flexibility index (Phi) is 4.49. The van der Waals surface area contributed by atoms with Crippen LogP contribution in [-0.4, -0.2) is 29.3 Å². The minimum atomic E-state index is -0.536. The smallest absolute Gasteiger partial charge is 0.265 e. The van der Waals surface area contributed by atoms with Crippen molar-refractivity contribution in [2.75, 3.05) is 11.5 Å². The van der Waals surface area contributed by atoms with Crippen LogP contribution in [0.3, 0.4) is 0 Å². The van der Waals surface area contributed by atoms with Gasteiger partial charge >= 0.3 is 0 Å². The molecule has 1 amide bonds. The van der Waals surface area contributed by atoms with E-state index in [0.717, 1.165) is 21.8 Å². The van der Waals surface area contributed by atoms with Gasteiger partial charge in [-0.1, -0.05) is 30.3 Å². The van der Waals surface area contributed by atoms with Crippen LogP contribution >= 0.6 is 11.3 Å². The first-order valence-electron chi connectivity index (χ1n) is 8.65. The van der Waals surface area contributed by atoms with E-state index in [1.165, 1.54) is 11.8 Å². The quantitative estimate of drug-likeness (QED) is 0.683. The fraction of sp³-hybridized carbons (Fsp3) is 0.190. The molecule has 27 heavy (non-hydrogen) atoms. The van der Waals surface area contributed by atoms with Crippen molar-refractivity contribution in [3.63, 3.8) is 0 Å². The molecule has 0 spiro atoms. The summed E-state index contributed by atoms with van der Waals surface area (Å²) < 4.78 is 5.54. The Morgan fingerprint density at radius 1 is 1.19 bits per heavy atom. The van der Waals surface area contributed by atoms with E-state index in [-0.39, 0.29) is 18.3 Å². The van der Waals surface area contributed by atoms with Crippen molar-refractivity contribution in [1.29, 1.82) is 0 Å². The number of carbonyl (C=O) groups excluding carboxylic acids is 2. The number of ether oxygens (including phenoxy) is 1. The maximum absolute atomic E-state index is 12.4. The lowest BCUT2D eigenvalue weighted by molar-refractivity contribution is -0.125. The maximum Gasteiger partial charge on any atom is 0.265 e. The third kappa shape index (κ3) is 3.24. The molecule has 1 aromatic heterocycles. The van der Waals surface area contributed by atoms with Crippen LogP contribution in [0, 0.1) is 0 Å². The normalized spacial score (nSPS) is 14.4. The van der Waals surface area contributed by atoms with Gasteiger partial charge in [0.25, 0.3) is 5.91 Å². The Balaban J connectivity index is 1.73. The van der Waals surface area contributed by atoms with Crippen molar-refractivity contribution in [1.82, 2.24) is 4.98 Å². The van der Waals surface area contributed by atoms with Gasteiger partial charge in [0.15, 0.2) is 12.4 Å². The van der Waals surface area contributed by atoms with E-state index in [9.17, 15) is 9.59 Å². The van der Waals surface area contributed by atoms with Crippen molar-refractivity contribution in [3.8, 4) is 27.6 Å². The molecule has 3 aromatic rings. The summed E-state index contributed by atoms with van der Waals surface area (Å²) in [5.74, 6) is 0.317. The van der Waals surface area contributed by atoms with Gasteiger partial charge in [-0.25, -0.2) is 4.98 Å². The highest BCUT2D eigenvalue weighted by Gasteiger charge is 2.32. The molecule has 1 unspecified atom stereocenters. The van der Waals surface area contributed by atoms with Gasteiger partial charge < -0.3 is 4.74 Å². The topological polar surface area (TPSA) is 59.5 Å². The highest BCUT2D eigenvalue weighted by atomic mass is 32.1. The number of carbonyl (C=O) groups is 2. The summed E-state index contributed by atoms with van der Waals surface area (Å²) in [5.41, 5.74) is 3.39. The van der Waals surface area contributed by atoms with Crippen LogP contribution in [-0.2, 0) is 9.59 Å². The Labute approximate surface area is 161 Å². The highest BCUT2D eigenvalue weighted by Crippen LogP contribution is 2.38. The number of hydrogen-bond acceptors (Lipinski definition) is 5. The first-order valence-corrected chi connectivity index (χ1v) is 9.53. The van der Waals surface area contributed by atoms with Gasteiger partial charge in [-0.15, -0.1) is 11.3 Å². The molecule has 1 aliphatic heterocycles. The molecule has 6 heteroatoms. The Morgan fingerprint density at radius 2 is 1.96 bits per heavy atom. The molecule has 0 N–H and O–H groups in total. The molecule has 1 aliphatic rings. The number of Topliss-reactive ketones (excluding diaryl/α,β-unsaturated/α-hetero) is 1. The Hall–Kier alpha value is -2.99. The highest BCUT2D eigenvalue weighted by molar-refractivity contribution is 7.13. The minimum absolute atomic E-state index is 0.0567. The number of fused-ring (bicyclic) bond motifs is 1. The van der Waals surface area contributed by atoms with E-state index >= 15 is 0 Å². The number of aromatic nitrogens is 1. The van der Waals surface area contributed by atoms with Crippen molar-refractivity contribution in [3.05, 3.63) is 53.9 Å². The predicted molar refractivity (Wildman–Crippen MR) is 106 cm³/mol. The van der Waals surface area contributed by atoms with Crippen LogP contribution in [0.2, 0.25) is 0 Å². The lowest BCUT2D eigenvalue weighted by Crippen LogP contribution is -2.47. The Morgan fingerprint density at radius 3 is 2.70 bits per heavy atom. The van der Waals surface area contributed by atoms with Crippen LogP contribution in [0.15, 0.2) is 53.9 Å². The van der Waals surface area contributed by atoms with E-state index in [1.54, 1.807) is 18.3 Å². The van der Waals surface area contributed by atoms with Crippen molar-refractivity contribution in [2.24, 2.45) is 0 Å². The van der Waals surface area contributed by atoms with Gasteiger partial charge in [-0.05, 0) is 32.0 Å². The standard InChI is InChI=1S/C21H18N2O3S/c1-13(14(2)24)23-18-10-16(8-9-19(18)26-11-20(23)25)17-12-27-21(22-17)15-6-4-3-5-7-15/h3-10,12-13H,11H2,1-2H3. The second-order valence-corrected chi connectivity index (χ2v) is 7.28. The second-order valence-electron chi connectivity index (χ2n) is 6.43. The van der Waals surface area contributed by atoms with Crippen LogP contribution in [0.1, 0.15) is 13.8 Å². The fourth-order valence-electron chi connectivity index (χ4n) is 3.06. The monoisotopic (exact) mass is 378 g/mol. The van der Waals surface area contributed by atoms with Crippen molar-refractivity contribution in [2.45, 2.75) is 19.9 Å². The van der Waals surface area contributed by atoms with E-state index in [0.29, 0.717) is 11.4 Å². The summed E-state index contributed by atoms with van der Waals surface area (Å²) >= 11 is 1.57.